The van der Waals surface area contributed by atoms with E-state index in [0.717, 1.165) is 27.9 Å². The smallest absolute Gasteiger partial charge is 0.295 e. The van der Waals surface area contributed by atoms with Crippen molar-refractivity contribution in [3.8, 4) is 17.1 Å². The van der Waals surface area contributed by atoms with E-state index in [4.69, 9.17) is 0 Å². The third-order valence-corrected chi connectivity index (χ3v) is 4.71. The van der Waals surface area contributed by atoms with Gasteiger partial charge in [0.15, 0.2) is 5.82 Å². The van der Waals surface area contributed by atoms with Crippen molar-refractivity contribution in [2.75, 3.05) is 5.32 Å². The molecule has 4 rings (SSSR count). The highest BCUT2D eigenvalue weighted by Gasteiger charge is 2.20. The fourth-order valence-electron chi connectivity index (χ4n) is 3.20. The first-order valence-corrected chi connectivity index (χ1v) is 9.49. The molecule has 1 aromatic heterocycles. The molecule has 0 saturated heterocycles. The second kappa shape index (κ2) is 7.72. The van der Waals surface area contributed by atoms with Gasteiger partial charge >= 0.3 is 0 Å². The summed E-state index contributed by atoms with van der Waals surface area (Å²) in [6.45, 7) is 6.10. The van der Waals surface area contributed by atoms with E-state index in [1.54, 1.807) is 4.68 Å². The van der Waals surface area contributed by atoms with Crippen LogP contribution in [0.1, 0.15) is 27.3 Å². The topological polar surface area (TPSA) is 59.8 Å². The highest BCUT2D eigenvalue weighted by molar-refractivity contribution is 6.01. The standard InChI is InChI=1S/C24H22N4O/c1-16-8-7-9-19(14-16)23-26-22(24(29)25-20-10-5-4-6-11-20)27-28(23)21-15-17(2)12-13-18(21)3/h4-15H,1-3H3,(H,25,29). The van der Waals surface area contributed by atoms with Gasteiger partial charge in [-0.15, -0.1) is 5.10 Å². The molecule has 144 valence electrons. The summed E-state index contributed by atoms with van der Waals surface area (Å²) < 4.78 is 1.76. The quantitative estimate of drug-likeness (QED) is 0.533. The van der Waals surface area contributed by atoms with Crippen molar-refractivity contribution >= 4 is 11.6 Å². The molecule has 0 spiro atoms. The molecule has 0 unspecified atom stereocenters. The third kappa shape index (κ3) is 3.94. The molecule has 1 N–H and O–H groups in total. The zero-order valence-electron chi connectivity index (χ0n) is 16.7. The Kier molecular flexibility index (Phi) is 4.96. The number of rotatable bonds is 4. The van der Waals surface area contributed by atoms with Crippen LogP contribution in [0.3, 0.4) is 0 Å². The van der Waals surface area contributed by atoms with Crippen LogP contribution in [-0.4, -0.2) is 20.7 Å². The SMILES string of the molecule is Cc1cccc(-c2nc(C(=O)Nc3ccccc3)nn2-c2cc(C)ccc2C)c1. The van der Waals surface area contributed by atoms with Crippen LogP contribution in [0, 0.1) is 20.8 Å². The van der Waals surface area contributed by atoms with Gasteiger partial charge in [-0.2, -0.15) is 0 Å². The molecule has 4 aromatic rings. The molecule has 3 aromatic carbocycles. The van der Waals surface area contributed by atoms with Gasteiger partial charge < -0.3 is 5.32 Å². The van der Waals surface area contributed by atoms with Crippen molar-refractivity contribution in [2.24, 2.45) is 0 Å². The van der Waals surface area contributed by atoms with Gasteiger partial charge in [-0.1, -0.05) is 54.1 Å². The summed E-state index contributed by atoms with van der Waals surface area (Å²) >= 11 is 0. The van der Waals surface area contributed by atoms with Gasteiger partial charge in [0, 0.05) is 11.3 Å². The summed E-state index contributed by atoms with van der Waals surface area (Å²) in [6, 6.07) is 23.5. The first-order valence-electron chi connectivity index (χ1n) is 9.49. The second-order valence-electron chi connectivity index (χ2n) is 7.15. The van der Waals surface area contributed by atoms with Gasteiger partial charge in [-0.25, -0.2) is 9.67 Å². The molecule has 0 bridgehead atoms. The fraction of sp³-hybridized carbons (Fsp3) is 0.125. The molecule has 0 saturated carbocycles. The normalized spacial score (nSPS) is 10.7. The lowest BCUT2D eigenvalue weighted by atomic mass is 10.1. The van der Waals surface area contributed by atoms with Crippen molar-refractivity contribution in [3.63, 3.8) is 0 Å². The molecule has 5 nitrogen and oxygen atoms in total. The number of para-hydroxylation sites is 1. The lowest BCUT2D eigenvalue weighted by Gasteiger charge is -2.10. The highest BCUT2D eigenvalue weighted by Crippen LogP contribution is 2.25. The van der Waals surface area contributed by atoms with Crippen molar-refractivity contribution < 1.29 is 4.79 Å². The van der Waals surface area contributed by atoms with Crippen molar-refractivity contribution in [3.05, 3.63) is 95.3 Å². The van der Waals surface area contributed by atoms with E-state index in [9.17, 15) is 4.79 Å². The number of amides is 1. The lowest BCUT2D eigenvalue weighted by Crippen LogP contribution is -2.14. The molecule has 0 aliphatic rings. The van der Waals surface area contributed by atoms with Crippen molar-refractivity contribution in [1.82, 2.24) is 14.8 Å². The third-order valence-electron chi connectivity index (χ3n) is 4.71. The first kappa shape index (κ1) is 18.6. The zero-order valence-corrected chi connectivity index (χ0v) is 16.7. The maximum Gasteiger partial charge on any atom is 0.295 e. The Morgan fingerprint density at radius 3 is 2.38 bits per heavy atom. The molecule has 1 amide bonds. The van der Waals surface area contributed by atoms with Crippen LogP contribution in [0.2, 0.25) is 0 Å². The van der Waals surface area contributed by atoms with Crippen LogP contribution >= 0.6 is 0 Å². The number of aromatic nitrogens is 3. The largest absolute Gasteiger partial charge is 0.319 e. The number of hydrogen-bond donors (Lipinski definition) is 1. The molecule has 0 atom stereocenters. The molecule has 5 heteroatoms. The van der Waals surface area contributed by atoms with E-state index < -0.39 is 0 Å². The van der Waals surface area contributed by atoms with Gasteiger partial charge in [-0.3, -0.25) is 4.79 Å². The van der Waals surface area contributed by atoms with Gasteiger partial charge in [0.2, 0.25) is 5.82 Å². The number of nitrogens with one attached hydrogen (secondary N) is 1. The number of carbonyl (C=O) groups is 1. The molecule has 0 aliphatic heterocycles. The molecule has 29 heavy (non-hydrogen) atoms. The Morgan fingerprint density at radius 1 is 0.862 bits per heavy atom. The van der Waals surface area contributed by atoms with E-state index in [-0.39, 0.29) is 11.7 Å². The maximum absolute atomic E-state index is 12.8. The van der Waals surface area contributed by atoms with Crippen molar-refractivity contribution in [2.45, 2.75) is 20.8 Å². The molecule has 1 heterocycles. The highest BCUT2D eigenvalue weighted by atomic mass is 16.2. The minimum Gasteiger partial charge on any atom is -0.319 e. The van der Waals surface area contributed by atoms with Crippen LogP contribution in [0.5, 0.6) is 0 Å². The zero-order chi connectivity index (χ0) is 20.4. The summed E-state index contributed by atoms with van der Waals surface area (Å²) in [7, 11) is 0. The number of hydrogen-bond acceptors (Lipinski definition) is 3. The average molecular weight is 382 g/mol. The Bertz CT molecular complexity index is 1180. The number of aryl methyl sites for hydroxylation is 3. The van der Waals surface area contributed by atoms with E-state index in [2.05, 4.69) is 33.6 Å². The minimum absolute atomic E-state index is 0.131. The van der Waals surface area contributed by atoms with Crippen LogP contribution in [0.15, 0.2) is 72.8 Å². The monoisotopic (exact) mass is 382 g/mol. The summed E-state index contributed by atoms with van der Waals surface area (Å²) in [6.07, 6.45) is 0. The van der Waals surface area contributed by atoms with E-state index >= 15 is 0 Å². The Morgan fingerprint density at radius 2 is 1.62 bits per heavy atom. The van der Waals surface area contributed by atoms with Gasteiger partial charge in [0.05, 0.1) is 5.69 Å². The van der Waals surface area contributed by atoms with Crippen LogP contribution < -0.4 is 5.32 Å². The lowest BCUT2D eigenvalue weighted by molar-refractivity contribution is 0.101. The average Bonchev–Trinajstić information content (AvgIpc) is 3.16. The van der Waals surface area contributed by atoms with Gasteiger partial charge in [0.1, 0.15) is 0 Å². The van der Waals surface area contributed by atoms with Crippen LogP contribution in [-0.2, 0) is 0 Å². The Balaban J connectivity index is 1.82. The maximum atomic E-state index is 12.8. The van der Waals surface area contributed by atoms with E-state index in [1.165, 1.54) is 0 Å². The Labute approximate surface area is 170 Å². The minimum atomic E-state index is -0.339. The molecule has 0 radical (unpaired) electrons. The number of anilines is 1. The Hall–Kier alpha value is -3.73. The molecular formula is C24H22N4O. The fourth-order valence-corrected chi connectivity index (χ4v) is 3.20. The molecule has 0 fully saturated rings. The number of carbonyl (C=O) groups excluding carboxylic acids is 1. The van der Waals surface area contributed by atoms with Gasteiger partial charge in [-0.05, 0) is 56.2 Å². The van der Waals surface area contributed by atoms with Gasteiger partial charge in [0.25, 0.3) is 5.91 Å². The summed E-state index contributed by atoms with van der Waals surface area (Å²) in [5.74, 6) is 0.432. The van der Waals surface area contributed by atoms with E-state index in [1.807, 2.05) is 75.4 Å². The second-order valence-corrected chi connectivity index (χ2v) is 7.15. The summed E-state index contributed by atoms with van der Waals surface area (Å²) in [5, 5.41) is 7.44. The van der Waals surface area contributed by atoms with Crippen LogP contribution in [0.25, 0.3) is 17.1 Å². The number of nitrogens with zero attached hydrogens (tertiary/aromatic N) is 3. The molecule has 0 aliphatic carbocycles. The van der Waals surface area contributed by atoms with Crippen molar-refractivity contribution in [1.29, 1.82) is 0 Å². The summed E-state index contributed by atoms with van der Waals surface area (Å²) in [4.78, 5) is 17.4. The van der Waals surface area contributed by atoms with Crippen LogP contribution in [0.4, 0.5) is 5.69 Å². The molecular weight excluding hydrogens is 360 g/mol. The first-order chi connectivity index (χ1) is 14.0. The van der Waals surface area contributed by atoms with E-state index in [0.29, 0.717) is 11.5 Å². The number of benzene rings is 3. The predicted molar refractivity (Wildman–Crippen MR) is 115 cm³/mol. The summed E-state index contributed by atoms with van der Waals surface area (Å²) in [5.41, 5.74) is 5.83. The predicted octanol–water partition coefficient (Wildman–Crippen LogP) is 5.11.